The summed E-state index contributed by atoms with van der Waals surface area (Å²) in [4.78, 5) is 13.9. The molecule has 5 heteroatoms. The molecule has 3 N–H and O–H groups in total. The highest BCUT2D eigenvalue weighted by Gasteiger charge is 2.30. The van der Waals surface area contributed by atoms with Gasteiger partial charge in [0.25, 0.3) is 0 Å². The first-order chi connectivity index (χ1) is 9.16. The van der Waals surface area contributed by atoms with Gasteiger partial charge in [0.05, 0.1) is 19.1 Å². The van der Waals surface area contributed by atoms with E-state index >= 15 is 0 Å². The second-order valence-electron chi connectivity index (χ2n) is 5.88. The van der Waals surface area contributed by atoms with E-state index in [9.17, 15) is 4.79 Å². The van der Waals surface area contributed by atoms with E-state index < -0.39 is 0 Å². The Bertz CT molecular complexity index is 292. The largest absolute Gasteiger partial charge is 0.379 e. The summed E-state index contributed by atoms with van der Waals surface area (Å²) < 4.78 is 5.36. The number of carbonyl (C=O) groups is 1. The first-order valence-corrected chi connectivity index (χ1v) is 7.52. The molecule has 1 saturated heterocycles. The fourth-order valence-corrected chi connectivity index (χ4v) is 3.26. The highest BCUT2D eigenvalue weighted by atomic mass is 16.5. The molecule has 0 aromatic heterocycles. The zero-order chi connectivity index (χ0) is 13.7. The van der Waals surface area contributed by atoms with Gasteiger partial charge in [-0.2, -0.15) is 0 Å². The summed E-state index contributed by atoms with van der Waals surface area (Å²) in [6.45, 7) is 6.90. The van der Waals surface area contributed by atoms with Gasteiger partial charge in [-0.15, -0.1) is 0 Å². The molecule has 0 radical (unpaired) electrons. The van der Waals surface area contributed by atoms with Crippen molar-refractivity contribution in [1.29, 1.82) is 0 Å². The van der Waals surface area contributed by atoms with Crippen LogP contribution < -0.4 is 11.1 Å². The molecule has 0 aromatic rings. The molecule has 3 atom stereocenters. The lowest BCUT2D eigenvalue weighted by atomic mass is 9.83. The topological polar surface area (TPSA) is 67.6 Å². The summed E-state index contributed by atoms with van der Waals surface area (Å²) in [5.74, 6) is -0.128. The second kappa shape index (κ2) is 7.22. The fourth-order valence-electron chi connectivity index (χ4n) is 3.26. The van der Waals surface area contributed by atoms with Gasteiger partial charge < -0.3 is 15.8 Å². The van der Waals surface area contributed by atoms with E-state index in [1.807, 2.05) is 0 Å². The van der Waals surface area contributed by atoms with Gasteiger partial charge in [-0.05, 0) is 19.8 Å². The van der Waals surface area contributed by atoms with Crippen molar-refractivity contribution >= 4 is 5.91 Å². The molecule has 0 spiro atoms. The van der Waals surface area contributed by atoms with Gasteiger partial charge in [0.1, 0.15) is 0 Å². The number of hydrogen-bond acceptors (Lipinski definition) is 4. The molecule has 1 aliphatic heterocycles. The molecular weight excluding hydrogens is 242 g/mol. The van der Waals surface area contributed by atoms with Crippen molar-refractivity contribution < 1.29 is 9.53 Å². The molecule has 0 unspecified atom stereocenters. The van der Waals surface area contributed by atoms with Crippen LogP contribution in [-0.2, 0) is 9.53 Å². The van der Waals surface area contributed by atoms with Crippen molar-refractivity contribution in [2.45, 2.75) is 44.7 Å². The monoisotopic (exact) mass is 269 g/mol. The van der Waals surface area contributed by atoms with Crippen LogP contribution in [0.4, 0.5) is 0 Å². The molecular formula is C14H27N3O2. The second-order valence-corrected chi connectivity index (χ2v) is 5.88. The van der Waals surface area contributed by atoms with Crippen molar-refractivity contribution in [3.05, 3.63) is 0 Å². The Labute approximate surface area is 115 Å². The van der Waals surface area contributed by atoms with Gasteiger partial charge >= 0.3 is 0 Å². The van der Waals surface area contributed by atoms with Crippen molar-refractivity contribution in [1.82, 2.24) is 10.2 Å². The maximum atomic E-state index is 11.5. The zero-order valence-electron chi connectivity index (χ0n) is 11.9. The molecule has 2 aliphatic rings. The van der Waals surface area contributed by atoms with Crippen LogP contribution in [0.5, 0.6) is 0 Å². The summed E-state index contributed by atoms with van der Waals surface area (Å²) in [6.07, 6.45) is 4.34. The molecule has 0 bridgehead atoms. The number of primary amides is 1. The van der Waals surface area contributed by atoms with Crippen LogP contribution in [0.1, 0.15) is 32.6 Å². The average molecular weight is 269 g/mol. The Kier molecular flexibility index (Phi) is 5.60. The number of hydrogen-bond donors (Lipinski definition) is 2. The van der Waals surface area contributed by atoms with E-state index in [1.54, 1.807) is 0 Å². The maximum absolute atomic E-state index is 11.5. The van der Waals surface area contributed by atoms with Gasteiger partial charge in [-0.1, -0.05) is 12.8 Å². The smallest absolute Gasteiger partial charge is 0.222 e. The van der Waals surface area contributed by atoms with Gasteiger partial charge in [0, 0.05) is 31.7 Å². The van der Waals surface area contributed by atoms with Crippen LogP contribution in [0.15, 0.2) is 0 Å². The molecule has 1 aliphatic carbocycles. The Morgan fingerprint density at radius 2 is 2.05 bits per heavy atom. The summed E-state index contributed by atoms with van der Waals surface area (Å²) in [7, 11) is 0. The highest BCUT2D eigenvalue weighted by molar-refractivity contribution is 5.77. The number of rotatable bonds is 5. The van der Waals surface area contributed by atoms with Crippen LogP contribution >= 0.6 is 0 Å². The first kappa shape index (κ1) is 14.8. The van der Waals surface area contributed by atoms with Crippen LogP contribution in [0.3, 0.4) is 0 Å². The summed E-state index contributed by atoms with van der Waals surface area (Å²) in [5.41, 5.74) is 5.51. The quantitative estimate of drug-likeness (QED) is 0.755. The predicted octanol–water partition coefficient (Wildman–Crippen LogP) is 0.341. The number of nitrogens with two attached hydrogens (primary N) is 1. The van der Waals surface area contributed by atoms with Crippen LogP contribution in [0, 0.1) is 5.92 Å². The van der Waals surface area contributed by atoms with E-state index in [4.69, 9.17) is 10.5 Å². The third-order valence-electron chi connectivity index (χ3n) is 4.27. The number of nitrogens with one attached hydrogen (secondary N) is 1. The minimum absolute atomic E-state index is 0.0147. The van der Waals surface area contributed by atoms with Crippen LogP contribution in [0.2, 0.25) is 0 Å². The van der Waals surface area contributed by atoms with Gasteiger partial charge in [-0.25, -0.2) is 0 Å². The highest BCUT2D eigenvalue weighted by Crippen LogP contribution is 2.24. The molecule has 0 aromatic carbocycles. The van der Waals surface area contributed by atoms with Gasteiger partial charge in [0.15, 0.2) is 0 Å². The number of ether oxygens (including phenoxy) is 1. The SMILES string of the molecule is C[C@H](CN1CCOCC1)N[C@H]1CCCC[C@H]1C(N)=O. The lowest BCUT2D eigenvalue weighted by Crippen LogP contribution is -2.52. The minimum atomic E-state index is -0.143. The van der Waals surface area contributed by atoms with Crippen molar-refractivity contribution in [2.24, 2.45) is 11.7 Å². The van der Waals surface area contributed by atoms with E-state index in [1.165, 1.54) is 6.42 Å². The number of amides is 1. The predicted molar refractivity (Wildman–Crippen MR) is 74.8 cm³/mol. The van der Waals surface area contributed by atoms with E-state index in [2.05, 4.69) is 17.1 Å². The molecule has 5 nitrogen and oxygen atoms in total. The molecule has 1 saturated carbocycles. The van der Waals surface area contributed by atoms with E-state index in [0.717, 1.165) is 52.1 Å². The Balaban J connectivity index is 1.79. The fraction of sp³-hybridized carbons (Fsp3) is 0.929. The van der Waals surface area contributed by atoms with Crippen LogP contribution in [-0.4, -0.2) is 55.7 Å². The Morgan fingerprint density at radius 3 is 2.74 bits per heavy atom. The summed E-state index contributed by atoms with van der Waals surface area (Å²) >= 11 is 0. The summed E-state index contributed by atoms with van der Waals surface area (Å²) in [5, 5.41) is 3.61. The van der Waals surface area contributed by atoms with E-state index in [-0.39, 0.29) is 17.9 Å². The normalized spacial score (nSPS) is 31.0. The zero-order valence-corrected chi connectivity index (χ0v) is 11.9. The summed E-state index contributed by atoms with van der Waals surface area (Å²) in [6, 6.07) is 0.658. The number of nitrogens with zero attached hydrogens (tertiary/aromatic N) is 1. The van der Waals surface area contributed by atoms with Crippen molar-refractivity contribution in [2.75, 3.05) is 32.8 Å². The average Bonchev–Trinajstić information content (AvgIpc) is 2.40. The van der Waals surface area contributed by atoms with Gasteiger partial charge in [0.2, 0.25) is 5.91 Å². The Morgan fingerprint density at radius 1 is 1.37 bits per heavy atom. The molecule has 19 heavy (non-hydrogen) atoms. The Hall–Kier alpha value is -0.650. The van der Waals surface area contributed by atoms with Crippen molar-refractivity contribution in [3.63, 3.8) is 0 Å². The number of morpholine rings is 1. The molecule has 2 rings (SSSR count). The lowest BCUT2D eigenvalue weighted by Gasteiger charge is -2.35. The minimum Gasteiger partial charge on any atom is -0.379 e. The molecule has 110 valence electrons. The standard InChI is InChI=1S/C14H27N3O2/c1-11(10-17-6-8-19-9-7-17)16-13-5-3-2-4-12(13)14(15)18/h11-13,16H,2-10H2,1H3,(H2,15,18)/t11-,12-,13+/m1/s1. The maximum Gasteiger partial charge on any atom is 0.222 e. The van der Waals surface area contributed by atoms with Crippen LogP contribution in [0.25, 0.3) is 0 Å². The molecule has 1 amide bonds. The van der Waals surface area contributed by atoms with E-state index in [0.29, 0.717) is 6.04 Å². The first-order valence-electron chi connectivity index (χ1n) is 7.52. The third-order valence-corrected chi connectivity index (χ3v) is 4.27. The number of carbonyl (C=O) groups excluding carboxylic acids is 1. The molecule has 2 fully saturated rings. The lowest BCUT2D eigenvalue weighted by molar-refractivity contribution is -0.123. The van der Waals surface area contributed by atoms with Gasteiger partial charge in [-0.3, -0.25) is 9.69 Å². The van der Waals surface area contributed by atoms with Crippen molar-refractivity contribution in [3.8, 4) is 0 Å². The molecule has 1 heterocycles. The third kappa shape index (κ3) is 4.44.